The molecular weight excluding hydrogens is 312 g/mol. The Labute approximate surface area is 136 Å². The summed E-state index contributed by atoms with van der Waals surface area (Å²) in [6, 6.07) is 15.6. The number of hydrogen-bond donors (Lipinski definition) is 4. The molecule has 0 aromatic heterocycles. The first-order valence-electron chi connectivity index (χ1n) is 6.86. The smallest absolute Gasteiger partial charge is 0.335 e. The summed E-state index contributed by atoms with van der Waals surface area (Å²) in [5, 5.41) is 37.1. The molecule has 4 N–H and O–H groups in total. The number of carboxylic acid groups (broad SMARTS) is 2. The van der Waals surface area contributed by atoms with Crippen LogP contribution in [-0.4, -0.2) is 32.4 Å². The van der Waals surface area contributed by atoms with E-state index in [2.05, 4.69) is 0 Å². The fourth-order valence-corrected chi connectivity index (χ4v) is 2.00. The maximum Gasteiger partial charge on any atom is 0.335 e. The summed E-state index contributed by atoms with van der Waals surface area (Å²) in [6.45, 7) is 0. The molecule has 122 valence electrons. The number of carboxylic acids is 2. The molecule has 0 saturated carbocycles. The van der Waals surface area contributed by atoms with Crippen molar-refractivity contribution in [2.24, 2.45) is 0 Å². The van der Waals surface area contributed by atoms with Crippen molar-refractivity contribution in [2.45, 2.75) is 0 Å². The van der Waals surface area contributed by atoms with Crippen LogP contribution in [0.2, 0.25) is 0 Å². The summed E-state index contributed by atoms with van der Waals surface area (Å²) >= 11 is 0. The number of fused-ring (bicyclic) bond motifs is 1. The number of rotatable bonds is 2. The normalized spacial score (nSPS) is 9.83. The third kappa shape index (κ3) is 3.80. The number of phenols is 2. The fraction of sp³-hybridized carbons (Fsp3) is 0. The number of aromatic carboxylic acids is 2. The van der Waals surface area contributed by atoms with Gasteiger partial charge in [0.05, 0.1) is 11.1 Å². The Morgan fingerprint density at radius 2 is 1.17 bits per heavy atom. The average molecular weight is 326 g/mol. The Bertz CT molecular complexity index is 851. The molecule has 0 atom stereocenters. The van der Waals surface area contributed by atoms with Gasteiger partial charge in [-0.2, -0.15) is 0 Å². The molecule has 3 rings (SSSR count). The summed E-state index contributed by atoms with van der Waals surface area (Å²) in [7, 11) is 0. The minimum absolute atomic E-state index is 0.0481. The number of hydrogen-bond acceptors (Lipinski definition) is 4. The molecule has 0 aliphatic carbocycles. The van der Waals surface area contributed by atoms with Crippen LogP contribution in [0.3, 0.4) is 0 Å². The molecule has 3 aromatic rings. The lowest BCUT2D eigenvalue weighted by atomic mass is 10.1. The zero-order valence-corrected chi connectivity index (χ0v) is 12.4. The summed E-state index contributed by atoms with van der Waals surface area (Å²) < 4.78 is 0. The maximum absolute atomic E-state index is 10.3. The molecular formula is C18H14O6. The lowest BCUT2D eigenvalue weighted by molar-refractivity contribution is 0.0681. The van der Waals surface area contributed by atoms with E-state index in [1.54, 1.807) is 12.1 Å². The predicted octanol–water partition coefficient (Wildman–Crippen LogP) is 3.33. The van der Waals surface area contributed by atoms with Crippen LogP contribution >= 0.6 is 0 Å². The van der Waals surface area contributed by atoms with Crippen LogP contribution in [0, 0.1) is 0 Å². The van der Waals surface area contributed by atoms with E-state index >= 15 is 0 Å². The van der Waals surface area contributed by atoms with Gasteiger partial charge in [0.25, 0.3) is 0 Å². The van der Waals surface area contributed by atoms with Gasteiger partial charge in [-0.15, -0.1) is 0 Å². The summed E-state index contributed by atoms with van der Waals surface area (Å²) in [6.07, 6.45) is 0. The maximum atomic E-state index is 10.3. The molecule has 0 heterocycles. The number of aromatic hydroxyl groups is 2. The van der Waals surface area contributed by atoms with Gasteiger partial charge in [-0.05, 0) is 35.7 Å². The first-order chi connectivity index (χ1) is 11.4. The van der Waals surface area contributed by atoms with Crippen molar-refractivity contribution in [3.8, 4) is 11.5 Å². The Morgan fingerprint density at radius 1 is 0.667 bits per heavy atom. The summed E-state index contributed by atoms with van der Waals surface area (Å²) in [4.78, 5) is 20.7. The van der Waals surface area contributed by atoms with E-state index in [1.165, 1.54) is 30.3 Å². The van der Waals surface area contributed by atoms with E-state index in [1.807, 2.05) is 18.2 Å². The Hall–Kier alpha value is -3.54. The predicted molar refractivity (Wildman–Crippen MR) is 87.6 cm³/mol. The Morgan fingerprint density at radius 3 is 1.67 bits per heavy atom. The molecule has 24 heavy (non-hydrogen) atoms. The number of benzene rings is 3. The van der Waals surface area contributed by atoms with Crippen LogP contribution in [0.15, 0.2) is 60.7 Å². The summed E-state index contributed by atoms with van der Waals surface area (Å²) in [5.41, 5.74) is 0.167. The molecule has 0 unspecified atom stereocenters. The molecule has 0 fully saturated rings. The van der Waals surface area contributed by atoms with Crippen molar-refractivity contribution in [2.75, 3.05) is 0 Å². The molecule has 0 aliphatic rings. The van der Waals surface area contributed by atoms with E-state index in [4.69, 9.17) is 15.3 Å². The van der Waals surface area contributed by atoms with E-state index in [0.29, 0.717) is 5.39 Å². The van der Waals surface area contributed by atoms with Crippen LogP contribution in [-0.2, 0) is 0 Å². The minimum atomic E-state index is -1.06. The van der Waals surface area contributed by atoms with Crippen molar-refractivity contribution in [3.05, 3.63) is 71.8 Å². The summed E-state index contributed by atoms with van der Waals surface area (Å²) in [5.74, 6) is -2.25. The molecule has 0 radical (unpaired) electrons. The van der Waals surface area contributed by atoms with E-state index < -0.39 is 11.9 Å². The van der Waals surface area contributed by atoms with E-state index in [-0.39, 0.29) is 22.6 Å². The lowest BCUT2D eigenvalue weighted by Crippen LogP contribution is -1.99. The van der Waals surface area contributed by atoms with Gasteiger partial charge in [0.1, 0.15) is 0 Å². The molecule has 6 heteroatoms. The second-order valence-corrected chi connectivity index (χ2v) is 4.84. The van der Waals surface area contributed by atoms with Gasteiger partial charge < -0.3 is 20.4 Å². The standard InChI is InChI=1S/C10H8O2.C8H6O4/c11-9-6-5-7-3-1-2-4-8(7)10(9)12;9-7(10)5-1-2-6(4-3-5)8(11)12/h1-6,11-12H;1-4H,(H,9,10)(H,11,12). The molecule has 0 aliphatic heterocycles. The second-order valence-electron chi connectivity index (χ2n) is 4.84. The van der Waals surface area contributed by atoms with Crippen molar-refractivity contribution in [3.63, 3.8) is 0 Å². The molecule has 6 nitrogen and oxygen atoms in total. The first-order valence-corrected chi connectivity index (χ1v) is 6.86. The molecule has 3 aromatic carbocycles. The average Bonchev–Trinajstić information content (AvgIpc) is 2.59. The van der Waals surface area contributed by atoms with Gasteiger partial charge in [0, 0.05) is 5.39 Å². The lowest BCUT2D eigenvalue weighted by Gasteiger charge is -2.01. The van der Waals surface area contributed by atoms with Gasteiger partial charge >= 0.3 is 11.9 Å². The fourth-order valence-electron chi connectivity index (χ4n) is 2.00. The third-order valence-corrected chi connectivity index (χ3v) is 3.26. The molecule has 0 saturated heterocycles. The van der Waals surface area contributed by atoms with Gasteiger partial charge in [-0.1, -0.05) is 30.3 Å². The van der Waals surface area contributed by atoms with Crippen molar-refractivity contribution >= 4 is 22.7 Å². The van der Waals surface area contributed by atoms with Gasteiger partial charge in [0.15, 0.2) is 11.5 Å². The van der Waals surface area contributed by atoms with Gasteiger partial charge in [-0.3, -0.25) is 0 Å². The minimum Gasteiger partial charge on any atom is -0.504 e. The van der Waals surface area contributed by atoms with Crippen LogP contribution in [0.1, 0.15) is 20.7 Å². The van der Waals surface area contributed by atoms with Crippen molar-refractivity contribution < 1.29 is 30.0 Å². The van der Waals surface area contributed by atoms with Crippen molar-refractivity contribution in [1.29, 1.82) is 0 Å². The number of carbonyl (C=O) groups is 2. The topological polar surface area (TPSA) is 115 Å². The molecule has 0 spiro atoms. The van der Waals surface area contributed by atoms with Gasteiger partial charge in [-0.25, -0.2) is 9.59 Å². The highest BCUT2D eigenvalue weighted by atomic mass is 16.4. The van der Waals surface area contributed by atoms with Crippen LogP contribution in [0.4, 0.5) is 0 Å². The highest BCUT2D eigenvalue weighted by Crippen LogP contribution is 2.32. The first kappa shape index (κ1) is 16.8. The zero-order valence-electron chi connectivity index (χ0n) is 12.4. The SMILES string of the molecule is O=C(O)c1ccc(C(=O)O)cc1.Oc1ccc2ccccc2c1O. The number of phenolic OH excluding ortho intramolecular Hbond substituents is 2. The molecule has 0 amide bonds. The van der Waals surface area contributed by atoms with Crippen molar-refractivity contribution in [1.82, 2.24) is 0 Å². The van der Waals surface area contributed by atoms with E-state index in [0.717, 1.165) is 5.39 Å². The van der Waals surface area contributed by atoms with Crippen LogP contribution in [0.5, 0.6) is 11.5 Å². The highest BCUT2D eigenvalue weighted by molar-refractivity contribution is 5.91. The Kier molecular flexibility index (Phi) is 5.01. The van der Waals surface area contributed by atoms with E-state index in [9.17, 15) is 14.7 Å². The quantitative estimate of drug-likeness (QED) is 0.537. The van der Waals surface area contributed by atoms with Crippen LogP contribution in [0.25, 0.3) is 10.8 Å². The van der Waals surface area contributed by atoms with Crippen LogP contribution < -0.4 is 0 Å². The zero-order chi connectivity index (χ0) is 17.7. The third-order valence-electron chi connectivity index (χ3n) is 3.26. The molecule has 0 bridgehead atoms. The monoisotopic (exact) mass is 326 g/mol. The Balaban J connectivity index is 0.000000174. The highest BCUT2D eigenvalue weighted by Gasteiger charge is 2.05. The second kappa shape index (κ2) is 7.15. The largest absolute Gasteiger partial charge is 0.504 e. The van der Waals surface area contributed by atoms with Gasteiger partial charge in [0.2, 0.25) is 0 Å².